The maximum Gasteiger partial charge on any atom is 0.418 e. The summed E-state index contributed by atoms with van der Waals surface area (Å²) in [6.45, 7) is 0. The highest BCUT2D eigenvalue weighted by Gasteiger charge is 2.33. The number of alkyl halides is 3. The Morgan fingerprint density at radius 2 is 1.86 bits per heavy atom. The molecule has 150 valence electrons. The van der Waals surface area contributed by atoms with E-state index in [0.717, 1.165) is 6.07 Å². The molecule has 0 fully saturated rings. The van der Waals surface area contributed by atoms with Gasteiger partial charge in [0.05, 0.1) is 17.0 Å². The topological polar surface area (TPSA) is 53.2 Å². The number of amides is 1. The standard InChI is InChI=1S/C17H14ClF4N3OS2/c18-13-7-11(19)6-5-10(13)8-28-9-15(26)24-25-16(27)23-14-4-2-1-3-12(14)17(20,21)22/h1-7H,8-9H2,(H,24,26)(H2,23,25,27). The van der Waals surface area contributed by atoms with Crippen molar-refractivity contribution < 1.29 is 22.4 Å². The first-order valence-electron chi connectivity index (χ1n) is 7.70. The monoisotopic (exact) mass is 451 g/mol. The van der Waals surface area contributed by atoms with E-state index < -0.39 is 23.5 Å². The summed E-state index contributed by atoms with van der Waals surface area (Å²) in [5.41, 5.74) is 4.19. The van der Waals surface area contributed by atoms with Crippen molar-refractivity contribution in [1.82, 2.24) is 10.9 Å². The summed E-state index contributed by atoms with van der Waals surface area (Å²) in [4.78, 5) is 11.8. The average Bonchev–Trinajstić information content (AvgIpc) is 2.61. The van der Waals surface area contributed by atoms with E-state index in [1.807, 2.05) is 0 Å². The molecule has 0 aliphatic rings. The zero-order valence-electron chi connectivity index (χ0n) is 14.1. The molecule has 0 aliphatic carbocycles. The van der Waals surface area contributed by atoms with Gasteiger partial charge >= 0.3 is 6.18 Å². The van der Waals surface area contributed by atoms with Crippen LogP contribution in [-0.2, 0) is 16.7 Å². The number of thiocarbonyl (C=S) groups is 1. The van der Waals surface area contributed by atoms with Crippen LogP contribution in [-0.4, -0.2) is 16.8 Å². The summed E-state index contributed by atoms with van der Waals surface area (Å²) in [6, 6.07) is 8.81. The van der Waals surface area contributed by atoms with E-state index in [4.69, 9.17) is 23.8 Å². The molecule has 1 amide bonds. The highest BCUT2D eigenvalue weighted by molar-refractivity contribution is 7.99. The number of halogens is 5. The number of rotatable bonds is 5. The average molecular weight is 452 g/mol. The number of hydrogen-bond acceptors (Lipinski definition) is 3. The van der Waals surface area contributed by atoms with E-state index in [9.17, 15) is 22.4 Å². The van der Waals surface area contributed by atoms with Crippen LogP contribution in [0, 0.1) is 5.82 Å². The normalized spacial score (nSPS) is 11.0. The van der Waals surface area contributed by atoms with Crippen molar-refractivity contribution in [2.24, 2.45) is 0 Å². The number of para-hydroxylation sites is 1. The molecule has 2 aromatic rings. The zero-order valence-corrected chi connectivity index (χ0v) is 16.5. The molecular weight excluding hydrogens is 438 g/mol. The minimum absolute atomic E-state index is 0.0302. The van der Waals surface area contributed by atoms with Gasteiger partial charge in [-0.15, -0.1) is 11.8 Å². The van der Waals surface area contributed by atoms with Gasteiger partial charge < -0.3 is 5.32 Å². The number of benzene rings is 2. The number of thioether (sulfide) groups is 1. The van der Waals surface area contributed by atoms with E-state index in [-0.39, 0.29) is 21.6 Å². The molecule has 0 saturated carbocycles. The smallest absolute Gasteiger partial charge is 0.331 e. The van der Waals surface area contributed by atoms with Crippen molar-refractivity contribution in [3.8, 4) is 0 Å². The van der Waals surface area contributed by atoms with Gasteiger partial charge in [0, 0.05) is 10.8 Å². The van der Waals surface area contributed by atoms with Crippen molar-refractivity contribution in [2.75, 3.05) is 11.1 Å². The fraction of sp³-hybridized carbons (Fsp3) is 0.176. The summed E-state index contributed by atoms with van der Waals surface area (Å²) in [5, 5.41) is 2.46. The SMILES string of the molecule is O=C(CSCc1ccc(F)cc1Cl)NNC(=S)Nc1ccccc1C(F)(F)F. The van der Waals surface area contributed by atoms with Crippen LogP contribution in [0.4, 0.5) is 23.2 Å². The summed E-state index contributed by atoms with van der Waals surface area (Å²) < 4.78 is 51.8. The van der Waals surface area contributed by atoms with Crippen LogP contribution in [0.15, 0.2) is 42.5 Å². The minimum Gasteiger partial charge on any atom is -0.331 e. The number of anilines is 1. The van der Waals surface area contributed by atoms with Crippen LogP contribution >= 0.6 is 35.6 Å². The highest BCUT2D eigenvalue weighted by Crippen LogP contribution is 2.34. The first-order chi connectivity index (χ1) is 13.2. The van der Waals surface area contributed by atoms with Crippen LogP contribution in [0.1, 0.15) is 11.1 Å². The van der Waals surface area contributed by atoms with Gasteiger partial charge in [0.15, 0.2) is 5.11 Å². The number of carbonyl (C=O) groups is 1. The van der Waals surface area contributed by atoms with Gasteiger partial charge in [-0.05, 0) is 42.0 Å². The molecule has 3 N–H and O–H groups in total. The van der Waals surface area contributed by atoms with Gasteiger partial charge in [-0.1, -0.05) is 29.8 Å². The lowest BCUT2D eigenvalue weighted by Gasteiger charge is -2.16. The van der Waals surface area contributed by atoms with Crippen LogP contribution in [0.25, 0.3) is 0 Å². The van der Waals surface area contributed by atoms with E-state index in [2.05, 4.69) is 16.2 Å². The van der Waals surface area contributed by atoms with Crippen LogP contribution in [0.3, 0.4) is 0 Å². The second kappa shape index (κ2) is 9.94. The molecule has 0 radical (unpaired) electrons. The highest BCUT2D eigenvalue weighted by atomic mass is 35.5. The van der Waals surface area contributed by atoms with Crippen LogP contribution in [0.5, 0.6) is 0 Å². The Kier molecular flexibility index (Phi) is 7.90. The van der Waals surface area contributed by atoms with Crippen molar-refractivity contribution in [2.45, 2.75) is 11.9 Å². The summed E-state index contributed by atoms with van der Waals surface area (Å²) in [6.07, 6.45) is -4.54. The van der Waals surface area contributed by atoms with E-state index in [1.165, 1.54) is 48.2 Å². The Morgan fingerprint density at radius 1 is 1.14 bits per heavy atom. The van der Waals surface area contributed by atoms with Crippen molar-refractivity contribution in [3.05, 3.63) is 64.4 Å². The molecule has 2 aromatic carbocycles. The predicted octanol–water partition coefficient (Wildman–Crippen LogP) is 4.75. The van der Waals surface area contributed by atoms with Gasteiger partial charge in [0.1, 0.15) is 5.82 Å². The Bertz CT molecular complexity index is 865. The van der Waals surface area contributed by atoms with Crippen molar-refractivity contribution in [3.63, 3.8) is 0 Å². The number of carbonyl (C=O) groups excluding carboxylic acids is 1. The van der Waals surface area contributed by atoms with E-state index >= 15 is 0 Å². The first kappa shape index (κ1) is 22.3. The Labute approximate surface area is 173 Å². The van der Waals surface area contributed by atoms with Crippen molar-refractivity contribution in [1.29, 1.82) is 0 Å². The fourth-order valence-corrected chi connectivity index (χ4v) is 3.35. The molecule has 0 bridgehead atoms. The number of hydrogen-bond donors (Lipinski definition) is 3. The number of hydrazine groups is 1. The first-order valence-corrected chi connectivity index (χ1v) is 9.64. The molecular formula is C17H14ClF4N3OS2. The van der Waals surface area contributed by atoms with Gasteiger partial charge in [-0.25, -0.2) is 4.39 Å². The lowest BCUT2D eigenvalue weighted by atomic mass is 10.2. The maximum absolute atomic E-state index is 13.0. The molecule has 0 aliphatic heterocycles. The second-order valence-electron chi connectivity index (χ2n) is 5.40. The predicted molar refractivity (Wildman–Crippen MR) is 107 cm³/mol. The molecule has 11 heteroatoms. The van der Waals surface area contributed by atoms with Gasteiger partial charge in [-0.3, -0.25) is 15.6 Å². The molecule has 0 aromatic heterocycles. The van der Waals surface area contributed by atoms with Gasteiger partial charge in [-0.2, -0.15) is 13.2 Å². The zero-order chi connectivity index (χ0) is 20.7. The molecule has 2 rings (SSSR count). The third kappa shape index (κ3) is 6.84. The lowest BCUT2D eigenvalue weighted by molar-refractivity contribution is -0.137. The Hall–Kier alpha value is -2.04. The Morgan fingerprint density at radius 3 is 2.54 bits per heavy atom. The molecule has 0 unspecified atom stereocenters. The van der Waals surface area contributed by atoms with Gasteiger partial charge in [0.25, 0.3) is 0 Å². The summed E-state index contributed by atoms with van der Waals surface area (Å²) >= 11 is 12.0. The number of nitrogens with one attached hydrogen (secondary N) is 3. The fourth-order valence-electron chi connectivity index (χ4n) is 2.05. The third-order valence-electron chi connectivity index (χ3n) is 3.30. The quantitative estimate of drug-likeness (QED) is 0.348. The minimum atomic E-state index is -4.54. The lowest BCUT2D eigenvalue weighted by Crippen LogP contribution is -2.44. The summed E-state index contributed by atoms with van der Waals surface area (Å²) in [7, 11) is 0. The molecule has 0 saturated heterocycles. The molecule has 0 atom stereocenters. The van der Waals surface area contributed by atoms with Gasteiger partial charge in [0.2, 0.25) is 5.91 Å². The van der Waals surface area contributed by atoms with Crippen LogP contribution in [0.2, 0.25) is 5.02 Å². The molecule has 28 heavy (non-hydrogen) atoms. The largest absolute Gasteiger partial charge is 0.418 e. The Balaban J connectivity index is 1.78. The van der Waals surface area contributed by atoms with E-state index in [1.54, 1.807) is 0 Å². The van der Waals surface area contributed by atoms with Crippen molar-refractivity contribution >= 4 is 52.3 Å². The maximum atomic E-state index is 13.0. The third-order valence-corrected chi connectivity index (χ3v) is 4.84. The molecule has 0 spiro atoms. The summed E-state index contributed by atoms with van der Waals surface area (Å²) in [5.74, 6) is -0.485. The second-order valence-corrected chi connectivity index (χ2v) is 7.20. The van der Waals surface area contributed by atoms with E-state index in [0.29, 0.717) is 11.3 Å². The van der Waals surface area contributed by atoms with Crippen LogP contribution < -0.4 is 16.2 Å². The molecule has 0 heterocycles. The molecule has 4 nitrogen and oxygen atoms in total.